The van der Waals surface area contributed by atoms with Gasteiger partial charge >= 0.3 is 0 Å². The average Bonchev–Trinajstić information content (AvgIpc) is 3.28. The minimum Gasteiger partial charge on any atom is -0.352 e. The topological polar surface area (TPSA) is 79.8 Å². The first-order valence-corrected chi connectivity index (χ1v) is 8.27. The zero-order chi connectivity index (χ0) is 16.8. The van der Waals surface area contributed by atoms with E-state index >= 15 is 0 Å². The Kier molecular flexibility index (Phi) is 3.06. The van der Waals surface area contributed by atoms with Gasteiger partial charge in [-0.25, -0.2) is 9.50 Å². The number of aryl methyl sites for hydroxylation is 1. The van der Waals surface area contributed by atoms with Crippen LogP contribution in [0.15, 0.2) is 36.7 Å². The Morgan fingerprint density at radius 2 is 1.48 bits per heavy atom. The highest BCUT2D eigenvalue weighted by molar-refractivity contribution is 5.49. The quantitative estimate of drug-likeness (QED) is 0.536. The van der Waals surface area contributed by atoms with Crippen LogP contribution in [-0.4, -0.2) is 60.6 Å². The van der Waals surface area contributed by atoms with Crippen LogP contribution in [0.2, 0.25) is 0 Å². The predicted molar refractivity (Wildman–Crippen MR) is 92.9 cm³/mol. The molecular formula is C16H17N9. The van der Waals surface area contributed by atoms with Gasteiger partial charge in [0.2, 0.25) is 0 Å². The molecule has 1 aliphatic rings. The Bertz CT molecular complexity index is 1040. The lowest BCUT2D eigenvalue weighted by Gasteiger charge is -2.35. The average molecular weight is 335 g/mol. The van der Waals surface area contributed by atoms with Crippen LogP contribution in [0.5, 0.6) is 0 Å². The molecule has 5 rings (SSSR count). The van der Waals surface area contributed by atoms with Gasteiger partial charge in [0, 0.05) is 38.6 Å². The van der Waals surface area contributed by atoms with Crippen LogP contribution >= 0.6 is 0 Å². The Morgan fingerprint density at radius 3 is 2.24 bits per heavy atom. The second kappa shape index (κ2) is 5.40. The van der Waals surface area contributed by atoms with Crippen molar-refractivity contribution in [2.45, 2.75) is 6.92 Å². The highest BCUT2D eigenvalue weighted by Crippen LogP contribution is 2.18. The number of imidazole rings is 1. The number of aromatic nitrogens is 7. The van der Waals surface area contributed by atoms with Crippen LogP contribution in [0.1, 0.15) is 5.82 Å². The molecule has 25 heavy (non-hydrogen) atoms. The van der Waals surface area contributed by atoms with E-state index in [-0.39, 0.29) is 0 Å². The molecule has 0 unspecified atom stereocenters. The normalized spacial score (nSPS) is 15.4. The molecule has 1 fully saturated rings. The molecule has 0 aliphatic carbocycles. The summed E-state index contributed by atoms with van der Waals surface area (Å²) in [4.78, 5) is 8.81. The molecule has 0 radical (unpaired) electrons. The molecular weight excluding hydrogens is 318 g/mol. The fraction of sp³-hybridized carbons (Fsp3) is 0.312. The largest absolute Gasteiger partial charge is 0.352 e. The van der Waals surface area contributed by atoms with Crippen molar-refractivity contribution in [2.24, 2.45) is 0 Å². The number of nitrogens with zero attached hydrogens (tertiary/aromatic N) is 9. The van der Waals surface area contributed by atoms with E-state index in [0.717, 1.165) is 54.9 Å². The Labute approximate surface area is 143 Å². The molecule has 0 N–H and O–H groups in total. The Balaban J connectivity index is 1.35. The van der Waals surface area contributed by atoms with Crippen molar-refractivity contribution in [3.05, 3.63) is 42.5 Å². The van der Waals surface area contributed by atoms with Crippen molar-refractivity contribution >= 4 is 22.9 Å². The third-order valence-corrected chi connectivity index (χ3v) is 4.57. The summed E-state index contributed by atoms with van der Waals surface area (Å²) in [5, 5.41) is 17.4. The highest BCUT2D eigenvalue weighted by Gasteiger charge is 2.20. The second-order valence-corrected chi connectivity index (χ2v) is 6.10. The van der Waals surface area contributed by atoms with Crippen molar-refractivity contribution in [3.63, 3.8) is 0 Å². The van der Waals surface area contributed by atoms with Gasteiger partial charge in [0.05, 0.1) is 0 Å². The van der Waals surface area contributed by atoms with Crippen LogP contribution in [0.3, 0.4) is 0 Å². The van der Waals surface area contributed by atoms with E-state index < -0.39 is 0 Å². The van der Waals surface area contributed by atoms with E-state index in [0.29, 0.717) is 0 Å². The lowest BCUT2D eigenvalue weighted by molar-refractivity contribution is 0.630. The van der Waals surface area contributed by atoms with Gasteiger partial charge in [0.25, 0.3) is 0 Å². The molecule has 0 aromatic carbocycles. The number of rotatable bonds is 2. The fourth-order valence-corrected chi connectivity index (χ4v) is 3.19. The van der Waals surface area contributed by atoms with Crippen molar-refractivity contribution in [2.75, 3.05) is 36.0 Å². The maximum absolute atomic E-state index is 4.66. The van der Waals surface area contributed by atoms with Gasteiger partial charge < -0.3 is 9.80 Å². The number of fused-ring (bicyclic) bond motifs is 2. The number of hydrogen-bond acceptors (Lipinski definition) is 7. The molecule has 0 atom stereocenters. The van der Waals surface area contributed by atoms with E-state index in [1.807, 2.05) is 41.9 Å². The standard InChI is InChI=1S/C16H17N9/c1-12-18-19-14-3-5-16(21-25(12)14)23-10-8-22(9-11-23)15-4-2-13-17-6-7-24(13)20-15/h2-7H,8-11H2,1H3. The molecule has 0 bridgehead atoms. The zero-order valence-corrected chi connectivity index (χ0v) is 13.8. The van der Waals surface area contributed by atoms with E-state index in [1.165, 1.54) is 0 Å². The van der Waals surface area contributed by atoms with Crippen molar-refractivity contribution < 1.29 is 0 Å². The second-order valence-electron chi connectivity index (χ2n) is 6.10. The van der Waals surface area contributed by atoms with E-state index in [4.69, 9.17) is 0 Å². The maximum Gasteiger partial charge on any atom is 0.178 e. The number of hydrogen-bond donors (Lipinski definition) is 0. The molecule has 0 amide bonds. The molecule has 1 saturated heterocycles. The van der Waals surface area contributed by atoms with Gasteiger partial charge in [0.15, 0.2) is 17.1 Å². The summed E-state index contributed by atoms with van der Waals surface area (Å²) in [7, 11) is 0. The fourth-order valence-electron chi connectivity index (χ4n) is 3.19. The van der Waals surface area contributed by atoms with Crippen LogP contribution in [0, 0.1) is 6.92 Å². The molecule has 0 saturated carbocycles. The van der Waals surface area contributed by atoms with Gasteiger partial charge in [-0.05, 0) is 31.2 Å². The third-order valence-electron chi connectivity index (χ3n) is 4.57. The smallest absolute Gasteiger partial charge is 0.178 e. The van der Waals surface area contributed by atoms with Gasteiger partial charge in [0.1, 0.15) is 11.6 Å². The van der Waals surface area contributed by atoms with Crippen molar-refractivity contribution in [1.29, 1.82) is 0 Å². The van der Waals surface area contributed by atoms with Crippen LogP contribution in [0.25, 0.3) is 11.3 Å². The predicted octanol–water partition coefficient (Wildman–Crippen LogP) is 0.802. The summed E-state index contributed by atoms with van der Waals surface area (Å²) in [5.41, 5.74) is 1.64. The van der Waals surface area contributed by atoms with Crippen LogP contribution < -0.4 is 9.80 Å². The molecule has 5 heterocycles. The summed E-state index contributed by atoms with van der Waals surface area (Å²) in [6.45, 7) is 5.49. The minimum atomic E-state index is 0.776. The summed E-state index contributed by atoms with van der Waals surface area (Å²) in [6, 6.07) is 8.00. The first-order valence-electron chi connectivity index (χ1n) is 8.27. The lowest BCUT2D eigenvalue weighted by Crippen LogP contribution is -2.47. The van der Waals surface area contributed by atoms with E-state index in [9.17, 15) is 0 Å². The first kappa shape index (κ1) is 14.1. The zero-order valence-electron chi connectivity index (χ0n) is 13.8. The molecule has 1 aliphatic heterocycles. The highest BCUT2D eigenvalue weighted by atomic mass is 15.4. The molecule has 4 aromatic heterocycles. The Morgan fingerprint density at radius 1 is 0.800 bits per heavy atom. The molecule has 4 aromatic rings. The lowest BCUT2D eigenvalue weighted by atomic mass is 10.3. The molecule has 0 spiro atoms. The minimum absolute atomic E-state index is 0.776. The summed E-state index contributed by atoms with van der Waals surface area (Å²) < 4.78 is 3.60. The number of piperazine rings is 1. The first-order chi connectivity index (χ1) is 12.3. The molecule has 126 valence electrons. The maximum atomic E-state index is 4.66. The SMILES string of the molecule is Cc1nnc2ccc(N3CCN(c4ccc5nccn5n4)CC3)nn12. The van der Waals surface area contributed by atoms with Gasteiger partial charge in [-0.2, -0.15) is 4.52 Å². The van der Waals surface area contributed by atoms with Gasteiger partial charge in [-0.15, -0.1) is 20.4 Å². The van der Waals surface area contributed by atoms with Crippen LogP contribution in [0.4, 0.5) is 11.6 Å². The monoisotopic (exact) mass is 335 g/mol. The summed E-state index contributed by atoms with van der Waals surface area (Å²) >= 11 is 0. The van der Waals surface area contributed by atoms with Crippen molar-refractivity contribution in [3.8, 4) is 0 Å². The molecule has 9 heteroatoms. The Hall–Kier alpha value is -3.23. The summed E-state index contributed by atoms with van der Waals surface area (Å²) in [5.74, 6) is 2.73. The van der Waals surface area contributed by atoms with Crippen LogP contribution in [-0.2, 0) is 0 Å². The van der Waals surface area contributed by atoms with Crippen molar-refractivity contribution in [1.82, 2.24) is 34.4 Å². The van der Waals surface area contributed by atoms with E-state index in [1.54, 1.807) is 10.7 Å². The van der Waals surface area contributed by atoms with E-state index in [2.05, 4.69) is 35.2 Å². The number of anilines is 2. The summed E-state index contributed by atoms with van der Waals surface area (Å²) in [6.07, 6.45) is 3.63. The third kappa shape index (κ3) is 2.35. The van der Waals surface area contributed by atoms with Gasteiger partial charge in [-0.1, -0.05) is 0 Å². The van der Waals surface area contributed by atoms with Gasteiger partial charge in [-0.3, -0.25) is 0 Å². The molecule has 9 nitrogen and oxygen atoms in total.